The molecule has 1 saturated heterocycles. The highest BCUT2D eigenvalue weighted by Crippen LogP contribution is 2.34. The van der Waals surface area contributed by atoms with Crippen molar-refractivity contribution < 1.29 is 14.3 Å². The van der Waals surface area contributed by atoms with E-state index < -0.39 is 5.54 Å². The van der Waals surface area contributed by atoms with Crippen LogP contribution in [0.3, 0.4) is 0 Å². The molecule has 2 saturated carbocycles. The zero-order valence-corrected chi connectivity index (χ0v) is 16.1. The minimum absolute atomic E-state index is 0.0187. The fraction of sp³-hybridized carbons (Fsp3) is 0.619. The molecular formula is C21H29N3O3. The number of amides is 3. The number of imide groups is 1. The molecule has 4 rings (SSSR count). The SMILES string of the molecule is COc1ccc(CN(CN2C(=O)NC3(CCCCCC3)C2=O)C2CC2)cc1. The average molecular weight is 371 g/mol. The van der Waals surface area contributed by atoms with E-state index >= 15 is 0 Å². The van der Waals surface area contributed by atoms with Crippen LogP contribution in [0, 0.1) is 0 Å². The fourth-order valence-corrected chi connectivity index (χ4v) is 4.36. The number of carbonyl (C=O) groups is 2. The lowest BCUT2D eigenvalue weighted by Crippen LogP contribution is -2.47. The molecular weight excluding hydrogens is 342 g/mol. The Hall–Kier alpha value is -2.08. The van der Waals surface area contributed by atoms with Crippen LogP contribution in [0.4, 0.5) is 4.79 Å². The Morgan fingerprint density at radius 1 is 1.11 bits per heavy atom. The number of hydrogen-bond acceptors (Lipinski definition) is 4. The van der Waals surface area contributed by atoms with Crippen molar-refractivity contribution in [3.05, 3.63) is 29.8 Å². The third kappa shape index (κ3) is 3.81. The van der Waals surface area contributed by atoms with Crippen LogP contribution in [-0.4, -0.2) is 47.1 Å². The van der Waals surface area contributed by atoms with Crippen LogP contribution in [0.1, 0.15) is 56.9 Å². The van der Waals surface area contributed by atoms with Crippen molar-refractivity contribution in [2.45, 2.75) is 69.5 Å². The molecule has 146 valence electrons. The van der Waals surface area contributed by atoms with E-state index in [0.717, 1.165) is 63.7 Å². The maximum Gasteiger partial charge on any atom is 0.326 e. The van der Waals surface area contributed by atoms with Gasteiger partial charge in [-0.15, -0.1) is 0 Å². The molecule has 2 aliphatic carbocycles. The Labute approximate surface area is 160 Å². The van der Waals surface area contributed by atoms with E-state index in [4.69, 9.17) is 4.74 Å². The minimum atomic E-state index is -0.650. The quantitative estimate of drug-likeness (QED) is 0.780. The molecule has 0 radical (unpaired) electrons. The van der Waals surface area contributed by atoms with Crippen molar-refractivity contribution in [1.29, 1.82) is 0 Å². The zero-order valence-electron chi connectivity index (χ0n) is 16.1. The molecule has 1 aliphatic heterocycles. The summed E-state index contributed by atoms with van der Waals surface area (Å²) in [6.45, 7) is 1.11. The van der Waals surface area contributed by atoms with Crippen LogP contribution in [0.5, 0.6) is 5.75 Å². The van der Waals surface area contributed by atoms with Crippen LogP contribution < -0.4 is 10.1 Å². The molecule has 1 N–H and O–H groups in total. The number of urea groups is 1. The molecule has 3 aliphatic rings. The molecule has 1 spiro atoms. The Morgan fingerprint density at radius 3 is 2.37 bits per heavy atom. The van der Waals surface area contributed by atoms with Crippen molar-refractivity contribution in [2.24, 2.45) is 0 Å². The van der Waals surface area contributed by atoms with Gasteiger partial charge in [-0.3, -0.25) is 9.69 Å². The molecule has 6 nitrogen and oxygen atoms in total. The lowest BCUT2D eigenvalue weighted by atomic mass is 9.90. The number of benzene rings is 1. The standard InChI is InChI=1S/C21H29N3O3/c1-27-18-10-6-16(7-11-18)14-23(17-8-9-17)15-24-19(25)21(22-20(24)26)12-4-2-3-5-13-21/h6-7,10-11,17H,2-5,8-9,12-15H2,1H3,(H,22,26). The molecule has 1 aromatic carbocycles. The van der Waals surface area contributed by atoms with E-state index in [9.17, 15) is 9.59 Å². The molecule has 1 aromatic rings. The van der Waals surface area contributed by atoms with Crippen molar-refractivity contribution in [1.82, 2.24) is 15.1 Å². The molecule has 1 heterocycles. The first-order valence-corrected chi connectivity index (χ1v) is 10.1. The van der Waals surface area contributed by atoms with Crippen molar-refractivity contribution in [3.8, 4) is 5.75 Å². The number of nitrogens with one attached hydrogen (secondary N) is 1. The molecule has 6 heteroatoms. The maximum atomic E-state index is 13.2. The number of hydrogen-bond donors (Lipinski definition) is 1. The van der Waals surface area contributed by atoms with E-state index in [1.165, 1.54) is 10.5 Å². The van der Waals surface area contributed by atoms with Gasteiger partial charge >= 0.3 is 6.03 Å². The van der Waals surface area contributed by atoms with E-state index in [0.29, 0.717) is 12.7 Å². The third-order valence-electron chi connectivity index (χ3n) is 6.13. The van der Waals surface area contributed by atoms with Crippen LogP contribution in [0.25, 0.3) is 0 Å². The highest BCUT2D eigenvalue weighted by Gasteiger charge is 2.51. The summed E-state index contributed by atoms with van der Waals surface area (Å²) in [5.41, 5.74) is 0.516. The predicted octanol–water partition coefficient (Wildman–Crippen LogP) is 3.26. The highest BCUT2D eigenvalue weighted by molar-refractivity contribution is 6.07. The Bertz CT molecular complexity index is 691. The normalized spacial score (nSPS) is 22.2. The molecule has 0 aromatic heterocycles. The van der Waals surface area contributed by atoms with Crippen molar-refractivity contribution in [2.75, 3.05) is 13.8 Å². The number of ether oxygens (including phenoxy) is 1. The van der Waals surface area contributed by atoms with Crippen LogP contribution in [0.15, 0.2) is 24.3 Å². The zero-order chi connectivity index (χ0) is 18.9. The van der Waals surface area contributed by atoms with Gasteiger partial charge in [0.15, 0.2) is 0 Å². The maximum absolute atomic E-state index is 13.2. The van der Waals surface area contributed by atoms with E-state index in [1.807, 2.05) is 24.3 Å². The molecule has 3 fully saturated rings. The fourth-order valence-electron chi connectivity index (χ4n) is 4.36. The summed E-state index contributed by atoms with van der Waals surface area (Å²) in [5.74, 6) is 0.816. The smallest absolute Gasteiger partial charge is 0.326 e. The summed E-state index contributed by atoms with van der Waals surface area (Å²) in [6.07, 6.45) is 8.13. The Morgan fingerprint density at radius 2 is 1.78 bits per heavy atom. The number of carbonyl (C=O) groups excluding carboxylic acids is 2. The summed E-state index contributed by atoms with van der Waals surface area (Å²) in [5, 5.41) is 3.05. The second-order valence-corrected chi connectivity index (χ2v) is 8.13. The summed E-state index contributed by atoms with van der Waals surface area (Å²) >= 11 is 0. The average Bonchev–Trinajstić information content (AvgIpc) is 3.50. The van der Waals surface area contributed by atoms with Crippen LogP contribution in [0.2, 0.25) is 0 Å². The molecule has 0 atom stereocenters. The van der Waals surface area contributed by atoms with E-state index in [2.05, 4.69) is 10.2 Å². The number of nitrogens with zero attached hydrogens (tertiary/aromatic N) is 2. The van der Waals surface area contributed by atoms with E-state index in [-0.39, 0.29) is 11.9 Å². The second-order valence-electron chi connectivity index (χ2n) is 8.13. The largest absolute Gasteiger partial charge is 0.497 e. The van der Waals surface area contributed by atoms with Gasteiger partial charge in [0, 0.05) is 12.6 Å². The summed E-state index contributed by atoms with van der Waals surface area (Å²) < 4.78 is 5.22. The molecule has 27 heavy (non-hydrogen) atoms. The molecule has 0 bridgehead atoms. The summed E-state index contributed by atoms with van der Waals surface area (Å²) in [6, 6.07) is 8.24. The summed E-state index contributed by atoms with van der Waals surface area (Å²) in [7, 11) is 1.66. The van der Waals surface area contributed by atoms with Crippen molar-refractivity contribution in [3.63, 3.8) is 0 Å². The first kappa shape index (κ1) is 18.3. The highest BCUT2D eigenvalue weighted by atomic mass is 16.5. The Balaban J connectivity index is 1.46. The minimum Gasteiger partial charge on any atom is -0.497 e. The third-order valence-corrected chi connectivity index (χ3v) is 6.13. The Kier molecular flexibility index (Phi) is 5.08. The van der Waals surface area contributed by atoms with Crippen LogP contribution in [-0.2, 0) is 11.3 Å². The van der Waals surface area contributed by atoms with Gasteiger partial charge in [0.05, 0.1) is 13.8 Å². The van der Waals surface area contributed by atoms with Crippen LogP contribution >= 0.6 is 0 Å². The monoisotopic (exact) mass is 371 g/mol. The van der Waals surface area contributed by atoms with Gasteiger partial charge in [-0.1, -0.05) is 37.8 Å². The second kappa shape index (κ2) is 7.50. The molecule has 3 amide bonds. The van der Waals surface area contributed by atoms with Gasteiger partial charge < -0.3 is 10.1 Å². The van der Waals surface area contributed by atoms with Gasteiger partial charge in [-0.25, -0.2) is 9.69 Å². The predicted molar refractivity (Wildman–Crippen MR) is 102 cm³/mol. The summed E-state index contributed by atoms with van der Waals surface area (Å²) in [4.78, 5) is 29.5. The van der Waals surface area contributed by atoms with Gasteiger partial charge in [-0.05, 0) is 43.4 Å². The van der Waals surface area contributed by atoms with Gasteiger partial charge in [-0.2, -0.15) is 0 Å². The molecule has 0 unspecified atom stereocenters. The van der Waals surface area contributed by atoms with Gasteiger partial charge in [0.2, 0.25) is 0 Å². The van der Waals surface area contributed by atoms with E-state index in [1.54, 1.807) is 7.11 Å². The van der Waals surface area contributed by atoms with Gasteiger partial charge in [0.1, 0.15) is 11.3 Å². The number of rotatable bonds is 6. The lowest BCUT2D eigenvalue weighted by Gasteiger charge is -2.28. The first-order chi connectivity index (χ1) is 13.1. The number of methoxy groups -OCH3 is 1. The van der Waals surface area contributed by atoms with Gasteiger partial charge in [0.25, 0.3) is 5.91 Å². The van der Waals surface area contributed by atoms with Crippen molar-refractivity contribution >= 4 is 11.9 Å². The lowest BCUT2D eigenvalue weighted by molar-refractivity contribution is -0.133. The first-order valence-electron chi connectivity index (χ1n) is 10.1. The topological polar surface area (TPSA) is 61.9 Å².